The molecule has 116 valence electrons. The molecule has 3 nitrogen and oxygen atoms in total. The first-order valence-corrected chi connectivity index (χ1v) is 7.46. The van der Waals surface area contributed by atoms with Crippen molar-refractivity contribution in [3.8, 4) is 0 Å². The van der Waals surface area contributed by atoms with Crippen molar-refractivity contribution in [1.29, 1.82) is 0 Å². The van der Waals surface area contributed by atoms with Crippen LogP contribution < -0.4 is 0 Å². The molecule has 21 heavy (non-hydrogen) atoms. The zero-order chi connectivity index (χ0) is 15.4. The number of carbonyl (C=O) groups excluding carboxylic acids is 1. The van der Waals surface area contributed by atoms with Crippen molar-refractivity contribution in [2.45, 2.75) is 12.8 Å². The summed E-state index contributed by atoms with van der Waals surface area (Å²) in [5.74, 6) is -1.07. The summed E-state index contributed by atoms with van der Waals surface area (Å²) >= 11 is 11.8. The lowest BCUT2D eigenvalue weighted by Crippen LogP contribution is -2.50. The number of amides is 1. The van der Waals surface area contributed by atoms with Gasteiger partial charge in [-0.15, -0.1) is 0 Å². The minimum Gasteiger partial charge on any atom is -0.335 e. The van der Waals surface area contributed by atoms with E-state index in [1.165, 1.54) is 4.90 Å². The van der Waals surface area contributed by atoms with E-state index >= 15 is 0 Å². The number of rotatable bonds is 4. The molecule has 0 aliphatic carbocycles. The summed E-state index contributed by atoms with van der Waals surface area (Å²) in [6, 6.07) is 5.52. The minimum atomic E-state index is -2.91. The second-order valence-corrected chi connectivity index (χ2v) is 5.78. The lowest BCUT2D eigenvalue weighted by Gasteiger charge is -2.34. The normalized spacial score (nSPS) is 16.5. The summed E-state index contributed by atoms with van der Waals surface area (Å²) in [5, 5.41) is 1.06. The van der Waals surface area contributed by atoms with E-state index < -0.39 is 12.3 Å². The highest BCUT2D eigenvalue weighted by Gasteiger charge is 2.26. The van der Waals surface area contributed by atoms with Crippen molar-refractivity contribution in [3.63, 3.8) is 0 Å². The SMILES string of the molecule is O=C(C(F)F)N1CCN(CCc2ccc(Cl)c(Cl)c2)CC1. The Bertz CT molecular complexity index is 506. The van der Waals surface area contributed by atoms with Gasteiger partial charge >= 0.3 is 6.43 Å². The first kappa shape index (κ1) is 16.5. The standard InChI is InChI=1S/C14H16Cl2F2N2O/c15-11-2-1-10(9-12(11)16)3-4-19-5-7-20(8-6-19)14(21)13(17)18/h1-2,9,13H,3-8H2. The van der Waals surface area contributed by atoms with Gasteiger partial charge in [0.15, 0.2) is 0 Å². The molecule has 1 heterocycles. The van der Waals surface area contributed by atoms with Crippen LogP contribution in [0.5, 0.6) is 0 Å². The average Bonchev–Trinajstić information content (AvgIpc) is 2.48. The molecule has 2 rings (SSSR count). The van der Waals surface area contributed by atoms with Crippen LogP contribution in [-0.2, 0) is 11.2 Å². The maximum atomic E-state index is 12.3. The van der Waals surface area contributed by atoms with Crippen LogP contribution in [0.1, 0.15) is 5.56 Å². The van der Waals surface area contributed by atoms with Crippen LogP contribution in [0.15, 0.2) is 18.2 Å². The average molecular weight is 337 g/mol. The highest BCUT2D eigenvalue weighted by molar-refractivity contribution is 6.42. The molecular formula is C14H16Cl2F2N2O. The molecule has 1 amide bonds. The smallest absolute Gasteiger partial charge is 0.315 e. The summed E-state index contributed by atoms with van der Waals surface area (Å²) in [6.45, 7) is 2.73. The summed E-state index contributed by atoms with van der Waals surface area (Å²) in [4.78, 5) is 14.6. The van der Waals surface area contributed by atoms with E-state index in [1.54, 1.807) is 6.07 Å². The molecule has 0 N–H and O–H groups in total. The maximum absolute atomic E-state index is 12.3. The fraction of sp³-hybridized carbons (Fsp3) is 0.500. The molecule has 1 fully saturated rings. The van der Waals surface area contributed by atoms with Crippen molar-refractivity contribution in [2.24, 2.45) is 0 Å². The lowest BCUT2D eigenvalue weighted by molar-refractivity contribution is -0.144. The molecule has 0 radical (unpaired) electrons. The van der Waals surface area contributed by atoms with Crippen molar-refractivity contribution >= 4 is 29.1 Å². The van der Waals surface area contributed by atoms with Gasteiger partial charge in [0, 0.05) is 32.7 Å². The van der Waals surface area contributed by atoms with E-state index in [9.17, 15) is 13.6 Å². The van der Waals surface area contributed by atoms with E-state index in [-0.39, 0.29) is 0 Å². The van der Waals surface area contributed by atoms with Gasteiger partial charge in [0.2, 0.25) is 0 Å². The first-order valence-electron chi connectivity index (χ1n) is 6.70. The van der Waals surface area contributed by atoms with Crippen LogP contribution in [0.25, 0.3) is 0 Å². The number of alkyl halides is 2. The van der Waals surface area contributed by atoms with Crippen LogP contribution in [-0.4, -0.2) is 54.9 Å². The zero-order valence-corrected chi connectivity index (χ0v) is 12.9. The molecule has 0 atom stereocenters. The monoisotopic (exact) mass is 336 g/mol. The number of carbonyl (C=O) groups is 1. The molecule has 0 bridgehead atoms. The van der Waals surface area contributed by atoms with Gasteiger partial charge in [0.05, 0.1) is 10.0 Å². The van der Waals surface area contributed by atoms with E-state index in [4.69, 9.17) is 23.2 Å². The number of hydrogen-bond donors (Lipinski definition) is 0. The Balaban J connectivity index is 1.78. The van der Waals surface area contributed by atoms with Gasteiger partial charge in [-0.3, -0.25) is 9.69 Å². The Morgan fingerprint density at radius 2 is 1.81 bits per heavy atom. The predicted octanol–water partition coefficient (Wildman–Crippen LogP) is 2.95. The fourth-order valence-corrected chi connectivity index (χ4v) is 2.63. The molecule has 1 aromatic rings. The summed E-state index contributed by atoms with van der Waals surface area (Å²) in [7, 11) is 0. The Labute approximate surface area is 132 Å². The van der Waals surface area contributed by atoms with Gasteiger partial charge in [-0.05, 0) is 24.1 Å². The van der Waals surface area contributed by atoms with Gasteiger partial charge in [0.25, 0.3) is 5.91 Å². The van der Waals surface area contributed by atoms with Gasteiger partial charge < -0.3 is 4.90 Å². The van der Waals surface area contributed by atoms with E-state index in [0.717, 1.165) is 18.5 Å². The molecule has 0 unspecified atom stereocenters. The van der Waals surface area contributed by atoms with Crippen LogP contribution >= 0.6 is 23.2 Å². The molecule has 0 aromatic heterocycles. The number of piperazine rings is 1. The van der Waals surface area contributed by atoms with Crippen LogP contribution in [0.2, 0.25) is 10.0 Å². The highest BCUT2D eigenvalue weighted by Crippen LogP contribution is 2.23. The molecule has 1 aliphatic heterocycles. The zero-order valence-electron chi connectivity index (χ0n) is 11.4. The predicted molar refractivity (Wildman–Crippen MR) is 79.2 cm³/mol. The third kappa shape index (κ3) is 4.53. The van der Waals surface area contributed by atoms with E-state index in [1.807, 2.05) is 12.1 Å². The molecule has 0 spiro atoms. The van der Waals surface area contributed by atoms with Crippen LogP contribution in [0.4, 0.5) is 8.78 Å². The molecule has 0 saturated carbocycles. The molecule has 1 aromatic carbocycles. The molecular weight excluding hydrogens is 321 g/mol. The largest absolute Gasteiger partial charge is 0.335 e. The van der Waals surface area contributed by atoms with Crippen molar-refractivity contribution in [1.82, 2.24) is 9.80 Å². The summed E-state index contributed by atoms with van der Waals surface area (Å²) < 4.78 is 24.6. The maximum Gasteiger partial charge on any atom is 0.315 e. The van der Waals surface area contributed by atoms with E-state index in [0.29, 0.717) is 36.2 Å². The second-order valence-electron chi connectivity index (χ2n) is 4.97. The van der Waals surface area contributed by atoms with Gasteiger partial charge in [-0.25, -0.2) is 0 Å². The second kappa shape index (κ2) is 7.38. The van der Waals surface area contributed by atoms with Crippen LogP contribution in [0, 0.1) is 0 Å². The number of halogens is 4. The lowest BCUT2D eigenvalue weighted by atomic mass is 10.1. The Morgan fingerprint density at radius 3 is 2.38 bits per heavy atom. The van der Waals surface area contributed by atoms with Gasteiger partial charge in [-0.1, -0.05) is 29.3 Å². The molecule has 7 heteroatoms. The minimum absolute atomic E-state index is 0.352. The molecule has 1 aliphatic rings. The highest BCUT2D eigenvalue weighted by atomic mass is 35.5. The number of hydrogen-bond acceptors (Lipinski definition) is 2. The Hall–Kier alpha value is -0.910. The van der Waals surface area contributed by atoms with Crippen LogP contribution in [0.3, 0.4) is 0 Å². The number of benzene rings is 1. The Morgan fingerprint density at radius 1 is 1.14 bits per heavy atom. The first-order chi connectivity index (χ1) is 9.97. The van der Waals surface area contributed by atoms with Gasteiger partial charge in [-0.2, -0.15) is 8.78 Å². The quantitative estimate of drug-likeness (QED) is 0.843. The Kier molecular flexibility index (Phi) is 5.79. The topological polar surface area (TPSA) is 23.6 Å². The van der Waals surface area contributed by atoms with Crippen molar-refractivity contribution in [2.75, 3.05) is 32.7 Å². The summed E-state index contributed by atoms with van der Waals surface area (Å²) in [6.07, 6.45) is -2.10. The summed E-state index contributed by atoms with van der Waals surface area (Å²) in [5.41, 5.74) is 1.08. The number of nitrogens with zero attached hydrogens (tertiary/aromatic N) is 2. The third-order valence-electron chi connectivity index (χ3n) is 3.57. The van der Waals surface area contributed by atoms with E-state index in [2.05, 4.69) is 4.90 Å². The third-order valence-corrected chi connectivity index (χ3v) is 4.31. The van der Waals surface area contributed by atoms with Gasteiger partial charge in [0.1, 0.15) is 0 Å². The van der Waals surface area contributed by atoms with Crippen molar-refractivity contribution in [3.05, 3.63) is 33.8 Å². The van der Waals surface area contributed by atoms with Crippen molar-refractivity contribution < 1.29 is 13.6 Å². The molecule has 1 saturated heterocycles. The fourth-order valence-electron chi connectivity index (χ4n) is 2.31.